The number of aromatic nitrogens is 6. The van der Waals surface area contributed by atoms with Crippen molar-refractivity contribution in [2.24, 2.45) is 0 Å². The second-order valence-electron chi connectivity index (χ2n) is 12.7. The first-order valence-corrected chi connectivity index (χ1v) is 16.1. The van der Waals surface area contributed by atoms with Gasteiger partial charge >= 0.3 is 6.03 Å². The van der Waals surface area contributed by atoms with Crippen molar-refractivity contribution in [2.45, 2.75) is 56.8 Å². The highest BCUT2D eigenvalue weighted by atomic mass is 19.3. The molecule has 4 fully saturated rings. The molecule has 4 aromatic heterocycles. The number of halogens is 3. The number of fused-ring (bicyclic) bond motifs is 3. The Labute approximate surface area is 277 Å². The van der Waals surface area contributed by atoms with Gasteiger partial charge in [0.15, 0.2) is 11.3 Å². The molecule has 2 atom stereocenters. The third-order valence-corrected chi connectivity index (χ3v) is 9.59. The molecule has 18 heteroatoms. The number of carbonyl (C=O) groups excluding carboxylic acids is 3. The number of morpholine rings is 1. The topological polar surface area (TPSA) is 155 Å². The highest BCUT2D eigenvalue weighted by molar-refractivity contribution is 6.08. The summed E-state index contributed by atoms with van der Waals surface area (Å²) in [7, 11) is 0. The van der Waals surface area contributed by atoms with Gasteiger partial charge in [-0.1, -0.05) is 0 Å². The van der Waals surface area contributed by atoms with E-state index in [1.165, 1.54) is 32.6 Å². The second kappa shape index (κ2) is 12.4. The standard InChI is InChI=1S/C31H32F3N11O4/c32-22-12-35-25(42-7-4-26(46)39-31(42)48)9-17(22)13-41-5-1-18(2-6-41)45-15-23(27(40-45)28(33)34)37-30(47)21-11-36-44-8-3-24(38-29(21)44)43-14-20-10-19(43)16-49-20/h3,8-9,11-12,15,18-20,28H,1-2,4-7,10,13-14,16H2,(H,37,47)(H,39,46,48)/t19-,20-/m1/s1. The van der Waals surface area contributed by atoms with Crippen LogP contribution in [0.3, 0.4) is 0 Å². The van der Waals surface area contributed by atoms with Gasteiger partial charge in [-0.3, -0.25) is 29.4 Å². The first-order chi connectivity index (χ1) is 23.7. The highest BCUT2D eigenvalue weighted by Gasteiger charge is 2.40. The molecule has 0 saturated carbocycles. The largest absolute Gasteiger partial charge is 0.374 e. The van der Waals surface area contributed by atoms with Crippen molar-refractivity contribution in [2.75, 3.05) is 47.9 Å². The molecule has 0 unspecified atom stereocenters. The van der Waals surface area contributed by atoms with Crippen molar-refractivity contribution in [1.82, 2.24) is 39.6 Å². The molecule has 0 aliphatic carbocycles. The zero-order chi connectivity index (χ0) is 33.8. The van der Waals surface area contributed by atoms with E-state index in [4.69, 9.17) is 4.74 Å². The normalized spacial score (nSPS) is 21.7. The maximum atomic E-state index is 14.7. The van der Waals surface area contributed by atoms with Gasteiger partial charge in [0.25, 0.3) is 12.3 Å². The minimum absolute atomic E-state index is 0.0956. The number of hydrogen-bond donors (Lipinski definition) is 2. The molecule has 15 nitrogen and oxygen atoms in total. The Kier molecular flexibility index (Phi) is 7.90. The van der Waals surface area contributed by atoms with Crippen molar-refractivity contribution in [1.29, 1.82) is 0 Å². The van der Waals surface area contributed by atoms with Crippen LogP contribution >= 0.6 is 0 Å². The molecule has 4 amide bonds. The summed E-state index contributed by atoms with van der Waals surface area (Å²) in [6.45, 7) is 2.77. The number of pyridine rings is 1. The van der Waals surface area contributed by atoms with Crippen LogP contribution in [0.15, 0.2) is 36.9 Å². The Bertz CT molecular complexity index is 1940. The predicted molar refractivity (Wildman–Crippen MR) is 167 cm³/mol. The minimum atomic E-state index is -2.93. The summed E-state index contributed by atoms with van der Waals surface area (Å²) >= 11 is 0. The van der Waals surface area contributed by atoms with E-state index < -0.39 is 29.9 Å². The van der Waals surface area contributed by atoms with Gasteiger partial charge in [-0.2, -0.15) is 10.2 Å². The summed E-state index contributed by atoms with van der Waals surface area (Å²) in [4.78, 5) is 51.3. The fraction of sp³-hybridized carbons (Fsp3) is 0.452. The van der Waals surface area contributed by atoms with E-state index in [9.17, 15) is 27.6 Å². The van der Waals surface area contributed by atoms with Crippen molar-refractivity contribution < 1.29 is 32.3 Å². The Hall–Kier alpha value is -5.10. The van der Waals surface area contributed by atoms with Crippen molar-refractivity contribution >= 4 is 40.8 Å². The molecule has 0 aromatic carbocycles. The molecule has 8 heterocycles. The van der Waals surface area contributed by atoms with E-state index in [0.29, 0.717) is 56.1 Å². The zero-order valence-corrected chi connectivity index (χ0v) is 26.1. The minimum Gasteiger partial charge on any atom is -0.374 e. The zero-order valence-electron chi connectivity index (χ0n) is 26.1. The van der Waals surface area contributed by atoms with E-state index in [-0.39, 0.29) is 60.7 Å². The molecule has 256 valence electrons. The summed E-state index contributed by atoms with van der Waals surface area (Å²) in [5.74, 6) is -0.587. The fourth-order valence-electron chi connectivity index (χ4n) is 7.00. The summed E-state index contributed by atoms with van der Waals surface area (Å²) < 4.78 is 51.6. The number of hydrogen-bond acceptors (Lipinski definition) is 10. The molecular weight excluding hydrogens is 647 g/mol. The lowest BCUT2D eigenvalue weighted by Gasteiger charge is -2.32. The van der Waals surface area contributed by atoms with Gasteiger partial charge in [-0.25, -0.2) is 32.4 Å². The Morgan fingerprint density at radius 1 is 1.12 bits per heavy atom. The average molecular weight is 680 g/mol. The van der Waals surface area contributed by atoms with Crippen molar-refractivity contribution in [3.63, 3.8) is 0 Å². The van der Waals surface area contributed by atoms with Crippen LogP contribution in [-0.4, -0.2) is 97.0 Å². The lowest BCUT2D eigenvalue weighted by atomic mass is 10.0. The molecule has 4 saturated heterocycles. The Morgan fingerprint density at radius 2 is 1.96 bits per heavy atom. The average Bonchev–Trinajstić information content (AvgIpc) is 3.90. The number of likely N-dealkylation sites (tertiary alicyclic amines) is 1. The van der Waals surface area contributed by atoms with Crippen LogP contribution in [0.1, 0.15) is 59.8 Å². The molecule has 4 aliphatic rings. The van der Waals surface area contributed by atoms with Crippen LogP contribution in [0.2, 0.25) is 0 Å². The summed E-state index contributed by atoms with van der Waals surface area (Å²) in [5.41, 5.74) is 0.160. The number of amides is 4. The maximum absolute atomic E-state index is 14.7. The molecule has 2 N–H and O–H groups in total. The number of nitrogens with one attached hydrogen (secondary N) is 2. The fourth-order valence-corrected chi connectivity index (χ4v) is 7.00. The number of piperidine rings is 1. The smallest absolute Gasteiger partial charge is 0.329 e. The lowest BCUT2D eigenvalue weighted by molar-refractivity contribution is -0.120. The third-order valence-electron chi connectivity index (χ3n) is 9.59. The van der Waals surface area contributed by atoms with E-state index in [1.54, 1.807) is 6.20 Å². The molecule has 0 radical (unpaired) electrons. The van der Waals surface area contributed by atoms with Gasteiger partial charge in [-0.15, -0.1) is 0 Å². The molecule has 49 heavy (non-hydrogen) atoms. The van der Waals surface area contributed by atoms with Crippen LogP contribution in [0.4, 0.5) is 35.3 Å². The first kappa shape index (κ1) is 31.2. The summed E-state index contributed by atoms with van der Waals surface area (Å²) in [6, 6.07) is 2.72. The highest BCUT2D eigenvalue weighted by Crippen LogP contribution is 2.33. The van der Waals surface area contributed by atoms with Crippen molar-refractivity contribution in [3.8, 4) is 0 Å². The molecule has 8 rings (SSSR count). The van der Waals surface area contributed by atoms with Crippen LogP contribution in [0, 0.1) is 5.82 Å². The maximum Gasteiger partial charge on any atom is 0.329 e. The quantitative estimate of drug-likeness (QED) is 0.284. The molecule has 2 bridgehead atoms. The number of imide groups is 1. The Morgan fingerprint density at radius 3 is 2.69 bits per heavy atom. The number of ether oxygens (including phenoxy) is 1. The number of carbonyl (C=O) groups is 3. The van der Waals surface area contributed by atoms with Crippen LogP contribution in [-0.2, 0) is 16.1 Å². The van der Waals surface area contributed by atoms with E-state index >= 15 is 0 Å². The van der Waals surface area contributed by atoms with Gasteiger partial charge in [0.05, 0.1) is 42.9 Å². The molecule has 4 aliphatic heterocycles. The second-order valence-corrected chi connectivity index (χ2v) is 12.7. The number of urea groups is 1. The number of rotatable bonds is 8. The van der Waals surface area contributed by atoms with Crippen LogP contribution in [0.5, 0.6) is 0 Å². The Balaban J connectivity index is 0.935. The summed E-state index contributed by atoms with van der Waals surface area (Å²) in [5, 5.41) is 13.2. The molecule has 0 spiro atoms. The third kappa shape index (κ3) is 5.94. The van der Waals surface area contributed by atoms with Crippen molar-refractivity contribution in [3.05, 3.63) is 59.6 Å². The van der Waals surface area contributed by atoms with Gasteiger partial charge in [0.2, 0.25) is 5.91 Å². The van der Waals surface area contributed by atoms with Gasteiger partial charge < -0.3 is 15.0 Å². The number of anilines is 3. The number of alkyl halides is 2. The summed E-state index contributed by atoms with van der Waals surface area (Å²) in [6.07, 6.45) is 4.92. The molecular formula is C31H32F3N11O4. The van der Waals surface area contributed by atoms with Gasteiger partial charge in [0, 0.05) is 57.1 Å². The van der Waals surface area contributed by atoms with Gasteiger partial charge in [-0.05, 0) is 31.4 Å². The predicted octanol–water partition coefficient (Wildman–Crippen LogP) is 2.91. The van der Waals surface area contributed by atoms with Crippen LogP contribution < -0.4 is 20.4 Å². The van der Waals surface area contributed by atoms with E-state index in [1.807, 2.05) is 11.0 Å². The first-order valence-electron chi connectivity index (χ1n) is 16.1. The van der Waals surface area contributed by atoms with E-state index in [2.05, 4.69) is 35.7 Å². The number of nitrogens with zero attached hydrogens (tertiary/aromatic N) is 9. The van der Waals surface area contributed by atoms with Crippen LogP contribution in [0.25, 0.3) is 5.65 Å². The lowest BCUT2D eigenvalue weighted by Crippen LogP contribution is -2.50. The van der Waals surface area contributed by atoms with E-state index in [0.717, 1.165) is 12.6 Å². The molecule has 4 aromatic rings. The monoisotopic (exact) mass is 679 g/mol. The van der Waals surface area contributed by atoms with Gasteiger partial charge in [0.1, 0.15) is 23.0 Å². The SMILES string of the molecule is O=C1CCN(c2cc(CN3CCC(n4cc(NC(=O)c5cnn6ccc(N7C[C@H]8C[C@@H]7CO8)nc56)c(C(F)F)n4)CC3)c(F)cn2)C(=O)N1.